The van der Waals surface area contributed by atoms with Gasteiger partial charge in [0.05, 0.1) is 6.10 Å². The van der Waals surface area contributed by atoms with Crippen molar-refractivity contribution in [3.8, 4) is 0 Å². The van der Waals surface area contributed by atoms with Crippen molar-refractivity contribution < 1.29 is 34.3 Å². The summed E-state index contributed by atoms with van der Waals surface area (Å²) in [6, 6.07) is 0. The maximum Gasteiger partial charge on any atom is 0.305 e. The Kier molecular flexibility index (Phi) is 18.6. The van der Waals surface area contributed by atoms with E-state index in [4.69, 9.17) is 14.2 Å². The van der Waals surface area contributed by atoms with E-state index < -0.39 is 30.7 Å². The monoisotopic (exact) mass is 821 g/mol. The van der Waals surface area contributed by atoms with Crippen molar-refractivity contribution in [2.24, 2.45) is 52.3 Å². The van der Waals surface area contributed by atoms with Gasteiger partial charge in [-0.1, -0.05) is 122 Å². The Labute approximate surface area is 359 Å². The highest BCUT2D eigenvalue weighted by atomic mass is 16.7. The smallest absolute Gasteiger partial charge is 0.305 e. The number of hydrogen-bond donors (Lipinski definition) is 3. The molecule has 4 fully saturated rings. The summed E-state index contributed by atoms with van der Waals surface area (Å²) in [6.45, 7) is 16.8. The zero-order chi connectivity index (χ0) is 42.6. The third-order valence-electron chi connectivity index (χ3n) is 16.2. The first-order chi connectivity index (χ1) is 28.3. The normalized spacial score (nSPS) is 37.2. The Morgan fingerprint density at radius 2 is 1.53 bits per heavy atom. The average molecular weight is 821 g/mol. The van der Waals surface area contributed by atoms with Crippen molar-refractivity contribution in [3.05, 3.63) is 60.3 Å². The number of fused-ring (bicyclic) bond motifs is 5. The summed E-state index contributed by atoms with van der Waals surface area (Å²) in [6.07, 6.45) is 32.1. The molecule has 5 rings (SSSR count). The van der Waals surface area contributed by atoms with Gasteiger partial charge in [0, 0.05) is 6.42 Å². The fraction of sp³-hybridized carbons (Fsp3) is 0.788. The molecule has 14 atom stereocenters. The second-order valence-electron chi connectivity index (χ2n) is 20.2. The molecule has 334 valence electrons. The molecule has 1 aliphatic heterocycles. The first-order valence-electron chi connectivity index (χ1n) is 24.1. The topological polar surface area (TPSA) is 105 Å². The Bertz CT molecular complexity index is 1450. The van der Waals surface area contributed by atoms with Crippen LogP contribution in [-0.2, 0) is 19.0 Å². The molecule has 0 amide bonds. The van der Waals surface area contributed by atoms with E-state index in [-0.39, 0.29) is 30.5 Å². The van der Waals surface area contributed by atoms with Gasteiger partial charge in [0.25, 0.3) is 0 Å². The van der Waals surface area contributed by atoms with Crippen molar-refractivity contribution in [1.29, 1.82) is 0 Å². The first kappa shape index (κ1) is 48.0. The van der Waals surface area contributed by atoms with Gasteiger partial charge in [-0.05, 0) is 149 Å². The summed E-state index contributed by atoms with van der Waals surface area (Å²) in [7, 11) is 0. The van der Waals surface area contributed by atoms with Crippen LogP contribution in [0.4, 0.5) is 0 Å². The zero-order valence-electron chi connectivity index (χ0n) is 38.1. The predicted octanol–water partition coefficient (Wildman–Crippen LogP) is 11.4. The van der Waals surface area contributed by atoms with E-state index in [9.17, 15) is 20.1 Å². The molecule has 7 nitrogen and oxygen atoms in total. The van der Waals surface area contributed by atoms with Gasteiger partial charge in [0.2, 0.25) is 0 Å². The van der Waals surface area contributed by atoms with Gasteiger partial charge in [-0.3, -0.25) is 4.79 Å². The molecule has 1 saturated heterocycles. The largest absolute Gasteiger partial charge is 0.463 e. The van der Waals surface area contributed by atoms with E-state index in [0.717, 1.165) is 99.7 Å². The van der Waals surface area contributed by atoms with Crippen molar-refractivity contribution in [2.75, 3.05) is 6.61 Å². The zero-order valence-corrected chi connectivity index (χ0v) is 38.1. The van der Waals surface area contributed by atoms with Crippen molar-refractivity contribution in [2.45, 2.75) is 201 Å². The van der Waals surface area contributed by atoms with E-state index >= 15 is 0 Å². The number of aliphatic hydroxyl groups excluding tert-OH is 3. The summed E-state index contributed by atoms with van der Waals surface area (Å²) in [5, 5.41) is 32.5. The summed E-state index contributed by atoms with van der Waals surface area (Å²) < 4.78 is 18.0. The number of aliphatic hydroxyl groups is 3. The quantitative estimate of drug-likeness (QED) is 0.0601. The lowest BCUT2D eigenvalue weighted by atomic mass is 9.47. The van der Waals surface area contributed by atoms with E-state index in [1.807, 2.05) is 0 Å². The van der Waals surface area contributed by atoms with Crippen molar-refractivity contribution >= 4 is 5.97 Å². The molecule has 4 aliphatic carbocycles. The highest BCUT2D eigenvalue weighted by Crippen LogP contribution is 2.67. The Hall–Kier alpha value is -2.03. The standard InChI is InChI=1S/C52H84O7/c1-8-9-10-11-12-13-14-15-16-17-18-19-20-21-22-23-46(53)57-35-45-47(54)48(55)49(56)50(59-45)58-40-30-32-51(6)39(34-40)26-27-41-43-29-28-42(52(43,7)33-31-44(41)51)38(5)25-24-37(4)36(2)3/h9-10,12-13,15-16,18-19,26,36-38,40-45,47-50,54-56H,8,11,14,17,20-25,27-35H2,1-7H3/b10-9-,13-12-,16-15-,19-18-. The molecule has 0 bridgehead atoms. The molecule has 3 N–H and O–H groups in total. The van der Waals surface area contributed by atoms with Gasteiger partial charge < -0.3 is 29.5 Å². The fourth-order valence-electron chi connectivity index (χ4n) is 12.0. The predicted molar refractivity (Wildman–Crippen MR) is 239 cm³/mol. The molecule has 0 spiro atoms. The third kappa shape index (κ3) is 12.3. The molecule has 14 unspecified atom stereocenters. The molecular weight excluding hydrogens is 737 g/mol. The highest BCUT2D eigenvalue weighted by Gasteiger charge is 2.59. The summed E-state index contributed by atoms with van der Waals surface area (Å²) in [5.41, 5.74) is 2.10. The van der Waals surface area contributed by atoms with E-state index in [2.05, 4.69) is 103 Å². The van der Waals surface area contributed by atoms with Crippen LogP contribution in [0, 0.1) is 52.3 Å². The Morgan fingerprint density at radius 1 is 0.831 bits per heavy atom. The maximum absolute atomic E-state index is 12.6. The number of rotatable bonds is 21. The van der Waals surface area contributed by atoms with Crippen LogP contribution in [0.5, 0.6) is 0 Å². The number of carbonyl (C=O) groups excluding carboxylic acids is 1. The SMILES string of the molecule is CC/C=C\C/C=C\C/C=C\C/C=C\CCCCC(=O)OCC1OC(OC2CCC3(C)C(=CCC4C3CCC3(C)C(C(C)CCC(C)C(C)C)CCC43)C2)C(O)C(O)C1O. The number of allylic oxidation sites excluding steroid dienone is 9. The Balaban J connectivity index is 1.04. The minimum absolute atomic E-state index is 0.153. The molecule has 3 saturated carbocycles. The first-order valence-corrected chi connectivity index (χ1v) is 24.1. The molecular formula is C52H84O7. The maximum atomic E-state index is 12.6. The molecule has 0 aromatic carbocycles. The Morgan fingerprint density at radius 3 is 2.22 bits per heavy atom. The van der Waals surface area contributed by atoms with Crippen LogP contribution in [0.2, 0.25) is 0 Å². The fourth-order valence-corrected chi connectivity index (χ4v) is 12.0. The van der Waals surface area contributed by atoms with Crippen LogP contribution in [0.1, 0.15) is 164 Å². The van der Waals surface area contributed by atoms with Crippen LogP contribution in [-0.4, -0.2) is 64.7 Å². The summed E-state index contributed by atoms with van der Waals surface area (Å²) in [5.74, 6) is 5.08. The number of hydrogen-bond acceptors (Lipinski definition) is 7. The minimum atomic E-state index is -1.46. The number of unbranched alkanes of at least 4 members (excludes halogenated alkanes) is 2. The van der Waals surface area contributed by atoms with E-state index in [1.54, 1.807) is 0 Å². The molecule has 0 aromatic heterocycles. The van der Waals surface area contributed by atoms with Gasteiger partial charge in [-0.15, -0.1) is 0 Å². The van der Waals surface area contributed by atoms with Crippen LogP contribution in [0.15, 0.2) is 60.3 Å². The van der Waals surface area contributed by atoms with Gasteiger partial charge in [-0.2, -0.15) is 0 Å². The molecule has 1 heterocycles. The molecule has 7 heteroatoms. The van der Waals surface area contributed by atoms with Gasteiger partial charge in [0.15, 0.2) is 6.29 Å². The lowest BCUT2D eigenvalue weighted by Crippen LogP contribution is -2.60. The van der Waals surface area contributed by atoms with Crippen LogP contribution in [0.3, 0.4) is 0 Å². The van der Waals surface area contributed by atoms with Crippen molar-refractivity contribution in [3.63, 3.8) is 0 Å². The highest BCUT2D eigenvalue weighted by molar-refractivity contribution is 5.69. The number of ether oxygens (including phenoxy) is 3. The molecule has 0 radical (unpaired) electrons. The average Bonchev–Trinajstić information content (AvgIpc) is 3.58. The summed E-state index contributed by atoms with van der Waals surface area (Å²) >= 11 is 0. The van der Waals surface area contributed by atoms with Gasteiger partial charge in [0.1, 0.15) is 31.0 Å². The number of carbonyl (C=O) groups is 1. The van der Waals surface area contributed by atoms with Gasteiger partial charge >= 0.3 is 5.97 Å². The second-order valence-corrected chi connectivity index (χ2v) is 20.2. The molecule has 59 heavy (non-hydrogen) atoms. The van der Waals surface area contributed by atoms with Gasteiger partial charge in [-0.25, -0.2) is 0 Å². The van der Waals surface area contributed by atoms with Crippen LogP contribution < -0.4 is 0 Å². The minimum Gasteiger partial charge on any atom is -0.463 e. The molecule has 5 aliphatic rings. The second kappa shape index (κ2) is 22.9. The lowest BCUT2D eigenvalue weighted by molar-refractivity contribution is -0.313. The van der Waals surface area contributed by atoms with E-state index in [1.165, 1.54) is 44.1 Å². The van der Waals surface area contributed by atoms with Crippen LogP contribution in [0.25, 0.3) is 0 Å². The molecule has 0 aromatic rings. The van der Waals surface area contributed by atoms with Crippen LogP contribution >= 0.6 is 0 Å². The third-order valence-corrected chi connectivity index (χ3v) is 16.2. The van der Waals surface area contributed by atoms with E-state index in [0.29, 0.717) is 17.8 Å². The lowest BCUT2D eigenvalue weighted by Gasteiger charge is -2.58. The summed E-state index contributed by atoms with van der Waals surface area (Å²) in [4.78, 5) is 12.6. The van der Waals surface area contributed by atoms with Crippen molar-refractivity contribution in [1.82, 2.24) is 0 Å². The number of esters is 1.